The SMILES string of the molecule is FC(F)(F)c1ccc2c(c1)c1cc(C(F)(F)F)ccc1n2-c1cccc(-c2nc(-c3ccccc3)nc(-c3ccccc3)n2)c1-c1c(-n2c3ccc(C(F)(F)F)cc3c3cc(C(F)(F)F)ccc32)cccc1C(F)(F)F. The van der Waals surface area contributed by atoms with Crippen molar-refractivity contribution in [1.29, 1.82) is 0 Å². The maximum Gasteiger partial charge on any atom is 0.417 e. The Kier molecular flexibility index (Phi) is 11.4. The Bertz CT molecular complexity index is 3890. The van der Waals surface area contributed by atoms with Gasteiger partial charge in [-0.3, -0.25) is 0 Å². The Balaban J connectivity index is 1.34. The molecule has 76 heavy (non-hydrogen) atoms. The normalized spacial score (nSPS) is 12.9. The lowest BCUT2D eigenvalue weighted by Crippen LogP contribution is -2.13. The molecule has 3 heterocycles. The molecule has 0 aliphatic heterocycles. The van der Waals surface area contributed by atoms with Crippen molar-refractivity contribution >= 4 is 43.6 Å². The van der Waals surface area contributed by atoms with Gasteiger partial charge < -0.3 is 9.13 Å². The number of nitrogens with zero attached hydrogens (tertiary/aromatic N) is 5. The zero-order chi connectivity index (χ0) is 53.9. The Morgan fingerprint density at radius 2 is 0.618 bits per heavy atom. The highest BCUT2D eigenvalue weighted by Gasteiger charge is 2.40. The first-order chi connectivity index (χ1) is 35.9. The van der Waals surface area contributed by atoms with E-state index in [1.165, 1.54) is 22.8 Å². The van der Waals surface area contributed by atoms with Crippen molar-refractivity contribution in [3.05, 3.63) is 198 Å². The maximum atomic E-state index is 16.2. The van der Waals surface area contributed by atoms with E-state index in [1.807, 2.05) is 0 Å². The molecule has 0 saturated heterocycles. The molecular weight excluding hydrogens is 1030 g/mol. The van der Waals surface area contributed by atoms with Gasteiger partial charge in [0.1, 0.15) is 0 Å². The van der Waals surface area contributed by atoms with Crippen molar-refractivity contribution in [3.63, 3.8) is 0 Å². The van der Waals surface area contributed by atoms with Crippen molar-refractivity contribution in [2.45, 2.75) is 30.9 Å². The summed E-state index contributed by atoms with van der Waals surface area (Å²) < 4.78 is 224. The van der Waals surface area contributed by atoms with E-state index >= 15 is 13.2 Å². The zero-order valence-corrected chi connectivity index (χ0v) is 38.1. The lowest BCUT2D eigenvalue weighted by atomic mass is 9.90. The van der Waals surface area contributed by atoms with Crippen molar-refractivity contribution in [2.75, 3.05) is 0 Å². The molecule has 0 radical (unpaired) electrons. The maximum absolute atomic E-state index is 16.2. The van der Waals surface area contributed by atoms with Crippen LogP contribution in [0.3, 0.4) is 0 Å². The van der Waals surface area contributed by atoms with E-state index in [-0.39, 0.29) is 50.8 Å². The van der Waals surface area contributed by atoms with Gasteiger partial charge in [-0.1, -0.05) is 78.9 Å². The molecule has 0 spiro atoms. The summed E-state index contributed by atoms with van der Waals surface area (Å²) in [6.07, 6.45) is -25.5. The number of fused-ring (bicyclic) bond motifs is 6. The summed E-state index contributed by atoms with van der Waals surface area (Å²) in [5.41, 5.74) is -9.03. The first-order valence-corrected chi connectivity index (χ1v) is 22.5. The third-order valence-corrected chi connectivity index (χ3v) is 12.9. The van der Waals surface area contributed by atoms with Crippen LogP contribution >= 0.6 is 0 Å². The molecule has 382 valence electrons. The fraction of sp³-hybridized carbons (Fsp3) is 0.0893. The minimum atomic E-state index is -5.35. The van der Waals surface area contributed by atoms with Gasteiger partial charge in [0.15, 0.2) is 17.5 Å². The van der Waals surface area contributed by atoms with Crippen molar-refractivity contribution in [3.8, 4) is 56.7 Å². The van der Waals surface area contributed by atoms with Crippen molar-refractivity contribution in [1.82, 2.24) is 24.1 Å². The third kappa shape index (κ3) is 8.59. The van der Waals surface area contributed by atoms with Crippen LogP contribution in [0.2, 0.25) is 0 Å². The predicted octanol–water partition coefficient (Wildman–Crippen LogP) is 17.8. The smallest absolute Gasteiger partial charge is 0.309 e. The molecule has 11 aromatic rings. The highest BCUT2D eigenvalue weighted by atomic mass is 19.4. The second-order valence-corrected chi connectivity index (χ2v) is 17.5. The summed E-state index contributed by atoms with van der Waals surface area (Å²) in [4.78, 5) is 14.2. The van der Waals surface area contributed by atoms with Gasteiger partial charge in [0.2, 0.25) is 0 Å². The quantitative estimate of drug-likeness (QED) is 0.156. The topological polar surface area (TPSA) is 48.5 Å². The minimum Gasteiger partial charge on any atom is -0.309 e. The fourth-order valence-corrected chi connectivity index (χ4v) is 9.60. The summed E-state index contributed by atoms with van der Waals surface area (Å²) in [5, 5.41) is -1.65. The Morgan fingerprint density at radius 3 is 0.961 bits per heavy atom. The number of aromatic nitrogens is 5. The summed E-state index contributed by atoms with van der Waals surface area (Å²) in [6.45, 7) is 0. The van der Waals surface area contributed by atoms with Crippen LogP contribution in [0.15, 0.2) is 170 Å². The van der Waals surface area contributed by atoms with E-state index in [0.29, 0.717) is 65.7 Å². The molecule has 5 nitrogen and oxygen atoms in total. The number of hydrogen-bond acceptors (Lipinski definition) is 3. The molecule has 0 aliphatic rings. The molecule has 3 aromatic heterocycles. The van der Waals surface area contributed by atoms with E-state index in [2.05, 4.69) is 4.98 Å². The largest absolute Gasteiger partial charge is 0.417 e. The van der Waals surface area contributed by atoms with Crippen LogP contribution in [-0.2, 0) is 30.9 Å². The van der Waals surface area contributed by atoms with Crippen LogP contribution in [0.1, 0.15) is 27.8 Å². The number of alkyl halides is 15. The first kappa shape index (κ1) is 49.5. The lowest BCUT2D eigenvalue weighted by Gasteiger charge is -2.24. The average molecular weight is 1060 g/mol. The molecule has 0 bridgehead atoms. The highest BCUT2D eigenvalue weighted by Crippen LogP contribution is 2.51. The average Bonchev–Trinajstić information content (AvgIpc) is 4.08. The van der Waals surface area contributed by atoms with Crippen molar-refractivity contribution < 1.29 is 65.9 Å². The molecule has 0 unspecified atom stereocenters. The van der Waals surface area contributed by atoms with Crippen molar-refractivity contribution in [2.24, 2.45) is 0 Å². The molecule has 0 atom stereocenters. The van der Waals surface area contributed by atoms with Gasteiger partial charge in [-0.05, 0) is 91.0 Å². The van der Waals surface area contributed by atoms with Gasteiger partial charge in [0, 0.05) is 49.4 Å². The number of rotatable bonds is 6. The summed E-state index contributed by atoms with van der Waals surface area (Å²) >= 11 is 0. The molecule has 11 rings (SSSR count). The van der Waals surface area contributed by atoms with E-state index in [9.17, 15) is 52.7 Å². The van der Waals surface area contributed by atoms with Crippen LogP contribution in [-0.4, -0.2) is 24.1 Å². The van der Waals surface area contributed by atoms with Gasteiger partial charge in [0.05, 0.1) is 61.3 Å². The molecular formula is C56H28F15N5. The Labute approximate surface area is 417 Å². The number of hydrogen-bond donors (Lipinski definition) is 0. The first-order valence-electron chi connectivity index (χ1n) is 22.5. The molecule has 0 N–H and O–H groups in total. The molecule has 0 fully saturated rings. The van der Waals surface area contributed by atoms with Crippen LogP contribution in [0, 0.1) is 0 Å². The second-order valence-electron chi connectivity index (χ2n) is 17.5. The van der Waals surface area contributed by atoms with E-state index in [0.717, 1.165) is 41.0 Å². The lowest BCUT2D eigenvalue weighted by molar-refractivity contribution is -0.138. The second kappa shape index (κ2) is 17.5. The minimum absolute atomic E-state index is 0.00435. The fourth-order valence-electron chi connectivity index (χ4n) is 9.60. The van der Waals surface area contributed by atoms with Gasteiger partial charge in [0.25, 0.3) is 0 Å². The monoisotopic (exact) mass is 1060 g/mol. The predicted molar refractivity (Wildman–Crippen MR) is 255 cm³/mol. The van der Waals surface area contributed by atoms with E-state index in [1.54, 1.807) is 60.7 Å². The molecule has 8 aromatic carbocycles. The van der Waals surface area contributed by atoms with Crippen LogP contribution in [0.25, 0.3) is 100 Å². The van der Waals surface area contributed by atoms with Crippen LogP contribution < -0.4 is 0 Å². The number of benzene rings is 8. The van der Waals surface area contributed by atoms with Gasteiger partial charge in [-0.2, -0.15) is 65.9 Å². The Morgan fingerprint density at radius 1 is 0.289 bits per heavy atom. The highest BCUT2D eigenvalue weighted by molar-refractivity contribution is 6.13. The molecule has 0 amide bonds. The summed E-state index contributed by atoms with van der Waals surface area (Å²) in [7, 11) is 0. The van der Waals surface area contributed by atoms with E-state index in [4.69, 9.17) is 9.97 Å². The summed E-state index contributed by atoms with van der Waals surface area (Å²) in [5.74, 6) is -0.298. The standard InChI is InChI=1S/C56H28F15N5/c57-52(58,59)31-17-21-41-36(25-31)37-26-32(53(60,61)62)18-22-42(37)75(41)45-15-7-13-35(51-73-49(29-9-3-1-4-10-29)72-50(74-51)30-11-5-2-6-12-30)47(45)48-40(56(69,70)71)14-8-16-46(48)76-43-23-19-33(54(63,64)65)27-38(43)39-28-34(55(66,67)68)20-24-44(39)76/h1-28H. The zero-order valence-electron chi connectivity index (χ0n) is 38.1. The van der Waals surface area contributed by atoms with Gasteiger partial charge in [-0.25, -0.2) is 15.0 Å². The number of halogens is 15. The molecule has 0 aliphatic carbocycles. The Hall–Kier alpha value is -8.68. The van der Waals surface area contributed by atoms with Crippen LogP contribution in [0.4, 0.5) is 65.9 Å². The third-order valence-electron chi connectivity index (χ3n) is 12.9. The van der Waals surface area contributed by atoms with Gasteiger partial charge >= 0.3 is 30.9 Å². The van der Waals surface area contributed by atoms with E-state index < -0.39 is 97.1 Å². The van der Waals surface area contributed by atoms with Crippen LogP contribution in [0.5, 0.6) is 0 Å². The molecule has 20 heteroatoms. The van der Waals surface area contributed by atoms with Gasteiger partial charge in [-0.15, -0.1) is 0 Å². The summed E-state index contributed by atoms with van der Waals surface area (Å²) in [6, 6.07) is 31.9. The molecule has 0 saturated carbocycles.